The number of carbonyl (C=O) groups excluding carboxylic acids is 2. The monoisotopic (exact) mass is 554 g/mol. The minimum Gasteiger partial charge on any atom is -0.495 e. The first-order valence-corrected chi connectivity index (χ1v) is 13.6. The van der Waals surface area contributed by atoms with Crippen molar-refractivity contribution in [2.75, 3.05) is 43.2 Å². The number of hydrogen-bond acceptors (Lipinski definition) is 8. The predicted octanol–water partition coefficient (Wildman–Crippen LogP) is 2.95. The molecule has 0 saturated carbocycles. The van der Waals surface area contributed by atoms with Gasteiger partial charge in [0.1, 0.15) is 23.8 Å². The number of rotatable bonds is 12. The van der Waals surface area contributed by atoms with E-state index in [9.17, 15) is 18.0 Å². The number of benzene rings is 3. The smallest absolute Gasteiger partial charge is 0.262 e. The van der Waals surface area contributed by atoms with Crippen molar-refractivity contribution in [3.8, 4) is 17.2 Å². The lowest BCUT2D eigenvalue weighted by Crippen LogP contribution is -2.39. The van der Waals surface area contributed by atoms with Gasteiger partial charge in [0.2, 0.25) is 10.0 Å². The maximum Gasteiger partial charge on any atom is 0.262 e. The molecule has 0 bridgehead atoms. The Balaban J connectivity index is 1.54. The highest BCUT2D eigenvalue weighted by atomic mass is 32.2. The molecule has 3 aromatic rings. The first kappa shape index (κ1) is 29.0. The number of para-hydroxylation sites is 2. The predicted molar refractivity (Wildman–Crippen MR) is 149 cm³/mol. The number of nitrogens with zero attached hydrogens (tertiary/aromatic N) is 2. The lowest BCUT2D eigenvalue weighted by Gasteiger charge is -2.23. The molecule has 12 heteroatoms. The second-order valence-electron chi connectivity index (χ2n) is 8.34. The van der Waals surface area contributed by atoms with E-state index in [0.717, 1.165) is 16.1 Å². The molecule has 0 heterocycles. The van der Waals surface area contributed by atoms with Crippen LogP contribution in [-0.4, -0.2) is 60.1 Å². The highest BCUT2D eigenvalue weighted by Gasteiger charge is 2.24. The number of anilines is 2. The fourth-order valence-corrected chi connectivity index (χ4v) is 4.31. The fraction of sp³-hybridized carbons (Fsp3) is 0.222. The van der Waals surface area contributed by atoms with E-state index in [2.05, 4.69) is 15.8 Å². The van der Waals surface area contributed by atoms with Crippen LogP contribution >= 0.6 is 0 Å². The van der Waals surface area contributed by atoms with Crippen molar-refractivity contribution in [3.05, 3.63) is 77.9 Å². The van der Waals surface area contributed by atoms with Crippen LogP contribution in [0.1, 0.15) is 11.1 Å². The second-order valence-corrected chi connectivity index (χ2v) is 10.3. The molecule has 2 N–H and O–H groups in total. The lowest BCUT2D eigenvalue weighted by atomic mass is 10.2. The van der Waals surface area contributed by atoms with E-state index < -0.39 is 22.5 Å². The molecule has 3 rings (SSSR count). The minimum absolute atomic E-state index is 0.204. The number of nitrogens with one attached hydrogen (secondary N) is 2. The Morgan fingerprint density at radius 2 is 1.64 bits per heavy atom. The average Bonchev–Trinajstić information content (AvgIpc) is 2.91. The van der Waals surface area contributed by atoms with Gasteiger partial charge < -0.3 is 19.5 Å². The van der Waals surface area contributed by atoms with E-state index in [1.807, 2.05) is 0 Å². The summed E-state index contributed by atoms with van der Waals surface area (Å²) in [5.74, 6) is 0.338. The van der Waals surface area contributed by atoms with Gasteiger partial charge in [-0.25, -0.2) is 13.8 Å². The molecule has 39 heavy (non-hydrogen) atoms. The fourth-order valence-electron chi connectivity index (χ4n) is 3.45. The van der Waals surface area contributed by atoms with E-state index >= 15 is 0 Å². The van der Waals surface area contributed by atoms with Crippen LogP contribution in [0.4, 0.5) is 11.4 Å². The molecule has 0 unspecified atom stereocenters. The van der Waals surface area contributed by atoms with Crippen LogP contribution in [0.25, 0.3) is 0 Å². The van der Waals surface area contributed by atoms with Crippen LogP contribution in [0.15, 0.2) is 71.8 Å². The van der Waals surface area contributed by atoms with E-state index in [-0.39, 0.29) is 18.2 Å². The molecule has 0 aliphatic rings. The van der Waals surface area contributed by atoms with Gasteiger partial charge in [0, 0.05) is 0 Å². The summed E-state index contributed by atoms with van der Waals surface area (Å²) in [5.41, 5.74) is 4.58. The third-order valence-corrected chi connectivity index (χ3v) is 6.45. The van der Waals surface area contributed by atoms with Crippen LogP contribution in [0, 0.1) is 6.92 Å². The Bertz CT molecular complexity index is 1440. The zero-order chi connectivity index (χ0) is 28.4. The molecule has 0 atom stereocenters. The number of methoxy groups -OCH3 is 2. The zero-order valence-corrected chi connectivity index (χ0v) is 22.8. The molecular weight excluding hydrogens is 524 g/mol. The van der Waals surface area contributed by atoms with Crippen LogP contribution in [0.2, 0.25) is 0 Å². The largest absolute Gasteiger partial charge is 0.495 e. The van der Waals surface area contributed by atoms with E-state index in [4.69, 9.17) is 14.2 Å². The Morgan fingerprint density at radius 3 is 2.31 bits per heavy atom. The SMILES string of the molecule is COc1ccccc1NC(=O)COc1ccc(/C=N\NC(=O)CN(c2cc(C)ccc2OC)S(C)(=O)=O)cc1. The second kappa shape index (κ2) is 13.3. The molecular formula is C27H30N4O7S. The third kappa shape index (κ3) is 8.47. The molecule has 0 fully saturated rings. The van der Waals surface area contributed by atoms with Gasteiger partial charge in [-0.1, -0.05) is 18.2 Å². The van der Waals surface area contributed by atoms with Crippen LogP contribution in [0.3, 0.4) is 0 Å². The van der Waals surface area contributed by atoms with Crippen molar-refractivity contribution in [1.82, 2.24) is 5.43 Å². The standard InChI is InChI=1S/C27H30N4O7S/c1-19-9-14-25(37-3)23(15-19)31(39(4,34)35)17-26(32)30-28-16-20-10-12-21(13-11-20)38-18-27(33)29-22-7-5-6-8-24(22)36-2/h5-16H,17-18H2,1-4H3,(H,29,33)(H,30,32)/b28-16-. The van der Waals surface area contributed by atoms with Crippen LogP contribution in [-0.2, 0) is 19.6 Å². The number of carbonyl (C=O) groups is 2. The van der Waals surface area contributed by atoms with Crippen LogP contribution < -0.4 is 29.3 Å². The van der Waals surface area contributed by atoms with Crippen molar-refractivity contribution < 1.29 is 32.2 Å². The summed E-state index contributed by atoms with van der Waals surface area (Å²) in [4.78, 5) is 24.7. The summed E-state index contributed by atoms with van der Waals surface area (Å²) in [7, 11) is -0.844. The first-order chi connectivity index (χ1) is 18.6. The molecule has 0 spiro atoms. The molecule has 11 nitrogen and oxygen atoms in total. The first-order valence-electron chi connectivity index (χ1n) is 11.7. The number of hydrazone groups is 1. The number of hydrogen-bond donors (Lipinski definition) is 2. The number of aryl methyl sites for hydroxylation is 1. The Morgan fingerprint density at radius 1 is 0.949 bits per heavy atom. The number of amides is 2. The maximum atomic E-state index is 12.5. The molecule has 0 aliphatic heterocycles. The summed E-state index contributed by atoms with van der Waals surface area (Å²) in [6, 6.07) is 18.8. The number of ether oxygens (including phenoxy) is 3. The van der Waals surface area contributed by atoms with Crippen molar-refractivity contribution in [2.24, 2.45) is 5.10 Å². The van der Waals surface area contributed by atoms with E-state index in [0.29, 0.717) is 28.5 Å². The van der Waals surface area contributed by atoms with Gasteiger partial charge in [0.05, 0.1) is 38.1 Å². The molecule has 0 aliphatic carbocycles. The minimum atomic E-state index is -3.79. The Labute approximate surface area is 227 Å². The molecule has 206 valence electrons. The molecule has 0 radical (unpaired) electrons. The summed E-state index contributed by atoms with van der Waals surface area (Å²) < 4.78 is 41.7. The summed E-state index contributed by atoms with van der Waals surface area (Å²) in [6.45, 7) is 1.12. The zero-order valence-electron chi connectivity index (χ0n) is 22.0. The normalized spacial score (nSPS) is 11.1. The van der Waals surface area contributed by atoms with Gasteiger partial charge in [-0.2, -0.15) is 5.10 Å². The van der Waals surface area contributed by atoms with Gasteiger partial charge in [-0.05, 0) is 66.6 Å². The maximum absolute atomic E-state index is 12.5. The van der Waals surface area contributed by atoms with E-state index in [1.165, 1.54) is 20.4 Å². The van der Waals surface area contributed by atoms with E-state index in [1.54, 1.807) is 73.7 Å². The summed E-state index contributed by atoms with van der Waals surface area (Å²) in [5, 5.41) is 6.63. The number of sulfonamides is 1. The van der Waals surface area contributed by atoms with Crippen molar-refractivity contribution in [1.29, 1.82) is 0 Å². The van der Waals surface area contributed by atoms with Crippen molar-refractivity contribution in [2.45, 2.75) is 6.92 Å². The van der Waals surface area contributed by atoms with Crippen molar-refractivity contribution in [3.63, 3.8) is 0 Å². The quantitative estimate of drug-likeness (QED) is 0.260. The topological polar surface area (TPSA) is 136 Å². The van der Waals surface area contributed by atoms with Gasteiger partial charge in [-0.15, -0.1) is 0 Å². The average molecular weight is 555 g/mol. The molecule has 2 amide bonds. The molecule has 0 saturated heterocycles. The Kier molecular flexibility index (Phi) is 9.87. The van der Waals surface area contributed by atoms with Gasteiger partial charge in [0.25, 0.3) is 11.8 Å². The highest BCUT2D eigenvalue weighted by molar-refractivity contribution is 7.92. The molecule has 3 aromatic carbocycles. The summed E-state index contributed by atoms with van der Waals surface area (Å²) >= 11 is 0. The van der Waals surface area contributed by atoms with Gasteiger partial charge >= 0.3 is 0 Å². The van der Waals surface area contributed by atoms with Crippen LogP contribution in [0.5, 0.6) is 17.2 Å². The highest BCUT2D eigenvalue weighted by Crippen LogP contribution is 2.30. The van der Waals surface area contributed by atoms with Crippen molar-refractivity contribution >= 4 is 39.4 Å². The molecule has 0 aromatic heterocycles. The van der Waals surface area contributed by atoms with Gasteiger partial charge in [-0.3, -0.25) is 13.9 Å². The lowest BCUT2D eigenvalue weighted by molar-refractivity contribution is -0.119. The van der Waals surface area contributed by atoms with Gasteiger partial charge in [0.15, 0.2) is 6.61 Å². The summed E-state index contributed by atoms with van der Waals surface area (Å²) in [6.07, 6.45) is 2.41. The third-order valence-electron chi connectivity index (χ3n) is 5.32. The Hall–Kier alpha value is -4.58.